The lowest BCUT2D eigenvalue weighted by atomic mass is 9.83. The quantitative estimate of drug-likeness (QED) is 0.851. The summed E-state index contributed by atoms with van der Waals surface area (Å²) in [5.41, 5.74) is 2.01. The molecule has 0 amide bonds. The Bertz CT molecular complexity index is 435. The minimum absolute atomic E-state index is 0.371. The summed E-state index contributed by atoms with van der Waals surface area (Å²) in [5, 5.41) is 12.6. The third-order valence-electron chi connectivity index (χ3n) is 4.57. The molecule has 1 aromatic carbocycles. The first-order valence-electron chi connectivity index (χ1n) is 7.99. The van der Waals surface area contributed by atoms with Crippen molar-refractivity contribution in [3.05, 3.63) is 35.4 Å². The van der Waals surface area contributed by atoms with Crippen LogP contribution in [0.5, 0.6) is 0 Å². The van der Waals surface area contributed by atoms with Gasteiger partial charge in [0.25, 0.3) is 0 Å². The summed E-state index contributed by atoms with van der Waals surface area (Å²) in [7, 11) is 0. The molecule has 1 aliphatic carbocycles. The minimum atomic E-state index is 0.371. The minimum Gasteiger partial charge on any atom is -0.307 e. The predicted molar refractivity (Wildman–Crippen MR) is 83.4 cm³/mol. The number of nitrogens with one attached hydrogen (secondary N) is 1. The van der Waals surface area contributed by atoms with Gasteiger partial charge in [-0.25, -0.2) is 0 Å². The zero-order chi connectivity index (χ0) is 14.4. The van der Waals surface area contributed by atoms with Crippen molar-refractivity contribution in [3.8, 4) is 6.07 Å². The second kappa shape index (κ2) is 7.45. The Morgan fingerprint density at radius 1 is 1.20 bits per heavy atom. The predicted octanol–water partition coefficient (Wildman–Crippen LogP) is 4.57. The Kier molecular flexibility index (Phi) is 5.61. The normalized spacial score (nSPS) is 24.1. The summed E-state index contributed by atoms with van der Waals surface area (Å²) in [5.74, 6) is 0.961. The van der Waals surface area contributed by atoms with Crippen LogP contribution >= 0.6 is 0 Å². The number of nitriles is 1. The smallest absolute Gasteiger partial charge is 0.0991 e. The highest BCUT2D eigenvalue weighted by Crippen LogP contribution is 2.29. The summed E-state index contributed by atoms with van der Waals surface area (Å²) in [4.78, 5) is 0. The molecule has 1 fully saturated rings. The molecule has 1 unspecified atom stereocenters. The van der Waals surface area contributed by atoms with Gasteiger partial charge in [0.15, 0.2) is 0 Å². The van der Waals surface area contributed by atoms with Crippen LogP contribution in [0.25, 0.3) is 0 Å². The maximum absolute atomic E-state index is 8.83. The molecule has 108 valence electrons. The highest BCUT2D eigenvalue weighted by Gasteiger charge is 2.21. The maximum atomic E-state index is 8.83. The molecule has 2 nitrogen and oxygen atoms in total. The van der Waals surface area contributed by atoms with Gasteiger partial charge in [0.05, 0.1) is 11.6 Å². The summed E-state index contributed by atoms with van der Waals surface area (Å²) < 4.78 is 0. The summed E-state index contributed by atoms with van der Waals surface area (Å²) in [6.07, 6.45) is 8.11. The lowest BCUT2D eigenvalue weighted by Crippen LogP contribution is -2.35. The van der Waals surface area contributed by atoms with Crippen molar-refractivity contribution >= 4 is 0 Å². The molecule has 0 bridgehead atoms. The van der Waals surface area contributed by atoms with Gasteiger partial charge < -0.3 is 5.32 Å². The first-order chi connectivity index (χ1) is 9.72. The fourth-order valence-corrected chi connectivity index (χ4v) is 3.32. The fraction of sp³-hybridized carbons (Fsp3) is 0.611. The van der Waals surface area contributed by atoms with E-state index < -0.39 is 0 Å². The van der Waals surface area contributed by atoms with Crippen molar-refractivity contribution in [2.24, 2.45) is 5.92 Å². The second-order valence-corrected chi connectivity index (χ2v) is 6.13. The van der Waals surface area contributed by atoms with Gasteiger partial charge >= 0.3 is 0 Å². The van der Waals surface area contributed by atoms with Crippen LogP contribution in [0.15, 0.2) is 24.3 Å². The SMILES string of the molecule is CCCC1CCC(NC(C)c2ccc(C#N)cc2)CC1. The Balaban J connectivity index is 1.82. The summed E-state index contributed by atoms with van der Waals surface area (Å²) in [6, 6.07) is 11.2. The fourth-order valence-electron chi connectivity index (χ4n) is 3.32. The van der Waals surface area contributed by atoms with E-state index in [0.29, 0.717) is 12.1 Å². The van der Waals surface area contributed by atoms with Gasteiger partial charge in [-0.3, -0.25) is 0 Å². The van der Waals surface area contributed by atoms with Crippen LogP contribution in [0, 0.1) is 17.2 Å². The lowest BCUT2D eigenvalue weighted by Gasteiger charge is -2.31. The number of hydrogen-bond acceptors (Lipinski definition) is 2. The van der Waals surface area contributed by atoms with Crippen molar-refractivity contribution < 1.29 is 0 Å². The van der Waals surface area contributed by atoms with Gasteiger partial charge in [-0.1, -0.05) is 31.9 Å². The Morgan fingerprint density at radius 3 is 2.40 bits per heavy atom. The molecule has 0 aromatic heterocycles. The van der Waals surface area contributed by atoms with Crippen LogP contribution in [-0.2, 0) is 0 Å². The largest absolute Gasteiger partial charge is 0.307 e. The van der Waals surface area contributed by atoms with Gasteiger partial charge in [-0.05, 0) is 56.2 Å². The monoisotopic (exact) mass is 270 g/mol. The van der Waals surface area contributed by atoms with Crippen LogP contribution in [0.3, 0.4) is 0 Å². The van der Waals surface area contributed by atoms with E-state index in [1.807, 2.05) is 12.1 Å². The highest BCUT2D eigenvalue weighted by atomic mass is 14.9. The van der Waals surface area contributed by atoms with Crippen LogP contribution in [-0.4, -0.2) is 6.04 Å². The molecule has 20 heavy (non-hydrogen) atoms. The average molecular weight is 270 g/mol. The van der Waals surface area contributed by atoms with Gasteiger partial charge in [0.2, 0.25) is 0 Å². The van der Waals surface area contributed by atoms with E-state index in [2.05, 4.69) is 37.4 Å². The Labute approximate surface area is 123 Å². The molecule has 1 atom stereocenters. The van der Waals surface area contributed by atoms with Gasteiger partial charge in [-0.15, -0.1) is 0 Å². The van der Waals surface area contributed by atoms with Gasteiger partial charge in [-0.2, -0.15) is 5.26 Å². The highest BCUT2D eigenvalue weighted by molar-refractivity contribution is 5.32. The second-order valence-electron chi connectivity index (χ2n) is 6.13. The van der Waals surface area contributed by atoms with Gasteiger partial charge in [0.1, 0.15) is 0 Å². The molecule has 2 rings (SSSR count). The van der Waals surface area contributed by atoms with E-state index in [9.17, 15) is 0 Å². The molecule has 0 spiro atoms. The molecule has 0 heterocycles. The molecule has 0 radical (unpaired) electrons. The molecule has 0 saturated heterocycles. The van der Waals surface area contributed by atoms with Crippen LogP contribution in [0.4, 0.5) is 0 Å². The van der Waals surface area contributed by atoms with Crippen LogP contribution < -0.4 is 5.32 Å². The first-order valence-corrected chi connectivity index (χ1v) is 7.99. The molecule has 2 heteroatoms. The topological polar surface area (TPSA) is 35.8 Å². The summed E-state index contributed by atoms with van der Waals surface area (Å²) >= 11 is 0. The van der Waals surface area contributed by atoms with Gasteiger partial charge in [0, 0.05) is 12.1 Å². The zero-order valence-electron chi connectivity index (χ0n) is 12.7. The number of hydrogen-bond donors (Lipinski definition) is 1. The van der Waals surface area contributed by atoms with Crippen molar-refractivity contribution in [1.29, 1.82) is 5.26 Å². The number of nitrogens with zero attached hydrogens (tertiary/aromatic N) is 1. The van der Waals surface area contributed by atoms with Crippen LogP contribution in [0.1, 0.15) is 69.5 Å². The van der Waals surface area contributed by atoms with E-state index >= 15 is 0 Å². The molecule has 1 aliphatic rings. The van der Waals surface area contributed by atoms with Crippen LogP contribution in [0.2, 0.25) is 0 Å². The molecule has 1 aromatic rings. The van der Waals surface area contributed by atoms with E-state index in [1.165, 1.54) is 44.1 Å². The van der Waals surface area contributed by atoms with Crippen molar-refractivity contribution in [3.63, 3.8) is 0 Å². The molecular weight excluding hydrogens is 244 g/mol. The third kappa shape index (κ3) is 4.08. The maximum Gasteiger partial charge on any atom is 0.0991 e. The molecule has 0 aliphatic heterocycles. The van der Waals surface area contributed by atoms with Crippen molar-refractivity contribution in [1.82, 2.24) is 5.32 Å². The molecule has 1 saturated carbocycles. The van der Waals surface area contributed by atoms with Crippen molar-refractivity contribution in [2.45, 2.75) is 64.5 Å². The van der Waals surface area contributed by atoms with E-state index in [1.54, 1.807) is 0 Å². The lowest BCUT2D eigenvalue weighted by molar-refractivity contribution is 0.266. The average Bonchev–Trinajstić information content (AvgIpc) is 2.49. The van der Waals surface area contributed by atoms with E-state index in [-0.39, 0.29) is 0 Å². The molecular formula is C18H26N2. The zero-order valence-corrected chi connectivity index (χ0v) is 12.7. The first kappa shape index (κ1) is 15.1. The van der Waals surface area contributed by atoms with Crippen molar-refractivity contribution in [2.75, 3.05) is 0 Å². The number of benzene rings is 1. The third-order valence-corrected chi connectivity index (χ3v) is 4.57. The molecule has 1 N–H and O–H groups in total. The standard InChI is InChI=1S/C18H26N2/c1-3-4-15-7-11-18(12-8-15)20-14(2)17-9-5-16(13-19)6-10-17/h5-6,9-10,14-15,18,20H,3-4,7-8,11-12H2,1-2H3. The Hall–Kier alpha value is -1.33. The van der Waals surface area contributed by atoms with E-state index in [0.717, 1.165) is 11.5 Å². The number of rotatable bonds is 5. The Morgan fingerprint density at radius 2 is 1.85 bits per heavy atom. The van der Waals surface area contributed by atoms with E-state index in [4.69, 9.17) is 5.26 Å². The summed E-state index contributed by atoms with van der Waals surface area (Å²) in [6.45, 7) is 4.51.